The molecule has 0 atom stereocenters. The average molecular weight is 447 g/mol. The molecule has 156 valence electrons. The van der Waals surface area contributed by atoms with Gasteiger partial charge in [0.25, 0.3) is 15.9 Å². The number of nitrogens with one attached hydrogen (secondary N) is 1. The number of rotatable bonds is 7. The van der Waals surface area contributed by atoms with Gasteiger partial charge in [-0.25, -0.2) is 12.8 Å². The van der Waals surface area contributed by atoms with Gasteiger partial charge in [-0.1, -0.05) is 18.2 Å². The monoisotopic (exact) mass is 446 g/mol. The SMILES string of the molecule is O=C(c1ccc(NS(=O)(=O)c2cccs2)cc1O)N(Cc1cccc(F)c1)C1CC1. The summed E-state index contributed by atoms with van der Waals surface area (Å²) in [5.41, 5.74) is 0.882. The van der Waals surface area contributed by atoms with Crippen LogP contribution in [0.25, 0.3) is 0 Å². The van der Waals surface area contributed by atoms with Gasteiger partial charge < -0.3 is 10.0 Å². The van der Waals surface area contributed by atoms with Gasteiger partial charge in [-0.15, -0.1) is 11.3 Å². The molecule has 1 heterocycles. The van der Waals surface area contributed by atoms with Gasteiger partial charge in [0.1, 0.15) is 15.8 Å². The van der Waals surface area contributed by atoms with Crippen LogP contribution in [-0.4, -0.2) is 30.4 Å². The lowest BCUT2D eigenvalue weighted by Gasteiger charge is -2.23. The van der Waals surface area contributed by atoms with E-state index in [0.717, 1.165) is 24.2 Å². The van der Waals surface area contributed by atoms with Crippen molar-refractivity contribution < 1.29 is 22.7 Å². The molecule has 0 spiro atoms. The Morgan fingerprint density at radius 1 is 1.17 bits per heavy atom. The molecule has 0 unspecified atom stereocenters. The molecule has 2 N–H and O–H groups in total. The van der Waals surface area contributed by atoms with Crippen molar-refractivity contribution >= 4 is 33.0 Å². The normalized spacial score (nSPS) is 13.8. The summed E-state index contributed by atoms with van der Waals surface area (Å²) < 4.78 is 40.7. The molecule has 2 aromatic carbocycles. The molecule has 1 aliphatic rings. The highest BCUT2D eigenvalue weighted by Crippen LogP contribution is 2.33. The summed E-state index contributed by atoms with van der Waals surface area (Å²) in [5.74, 6) is -1.08. The second-order valence-corrected chi connectivity index (χ2v) is 9.92. The van der Waals surface area contributed by atoms with E-state index >= 15 is 0 Å². The number of halogens is 1. The molecular weight excluding hydrogens is 427 g/mol. The highest BCUT2D eigenvalue weighted by atomic mass is 32.2. The van der Waals surface area contributed by atoms with Crippen molar-refractivity contribution in [3.63, 3.8) is 0 Å². The number of carbonyl (C=O) groups excluding carboxylic acids is 1. The lowest BCUT2D eigenvalue weighted by molar-refractivity contribution is 0.0726. The zero-order chi connectivity index (χ0) is 21.3. The topological polar surface area (TPSA) is 86.7 Å². The quantitative estimate of drug-likeness (QED) is 0.570. The van der Waals surface area contributed by atoms with E-state index in [-0.39, 0.29) is 45.5 Å². The smallest absolute Gasteiger partial charge is 0.271 e. The van der Waals surface area contributed by atoms with Crippen LogP contribution < -0.4 is 4.72 Å². The molecule has 1 saturated carbocycles. The van der Waals surface area contributed by atoms with Crippen LogP contribution in [-0.2, 0) is 16.6 Å². The molecule has 30 heavy (non-hydrogen) atoms. The van der Waals surface area contributed by atoms with E-state index < -0.39 is 10.0 Å². The first kappa shape index (κ1) is 20.4. The Kier molecular flexibility index (Phi) is 5.48. The predicted molar refractivity (Wildman–Crippen MR) is 113 cm³/mol. The van der Waals surface area contributed by atoms with E-state index in [1.807, 2.05) is 0 Å². The van der Waals surface area contributed by atoms with Gasteiger partial charge in [0.05, 0.1) is 11.3 Å². The van der Waals surface area contributed by atoms with Crippen LogP contribution in [0.15, 0.2) is 64.2 Å². The van der Waals surface area contributed by atoms with Gasteiger partial charge in [0.15, 0.2) is 0 Å². The fourth-order valence-electron chi connectivity index (χ4n) is 3.14. The summed E-state index contributed by atoms with van der Waals surface area (Å²) in [4.78, 5) is 14.7. The Balaban J connectivity index is 1.54. The second-order valence-electron chi connectivity index (χ2n) is 7.06. The molecule has 1 amide bonds. The number of nitrogens with zero attached hydrogens (tertiary/aromatic N) is 1. The van der Waals surface area contributed by atoms with Crippen LogP contribution in [0, 0.1) is 5.82 Å². The van der Waals surface area contributed by atoms with Gasteiger partial charge in [0, 0.05) is 18.7 Å². The zero-order valence-corrected chi connectivity index (χ0v) is 17.4. The van der Waals surface area contributed by atoms with Crippen molar-refractivity contribution in [3.8, 4) is 5.75 Å². The Morgan fingerprint density at radius 2 is 1.97 bits per heavy atom. The van der Waals surface area contributed by atoms with Gasteiger partial charge >= 0.3 is 0 Å². The number of sulfonamides is 1. The largest absolute Gasteiger partial charge is 0.507 e. The molecule has 0 saturated heterocycles. The predicted octanol–water partition coefficient (Wildman–Crippen LogP) is 4.20. The number of anilines is 1. The van der Waals surface area contributed by atoms with Gasteiger partial charge in [-0.05, 0) is 54.1 Å². The third-order valence-electron chi connectivity index (χ3n) is 4.73. The molecule has 6 nitrogen and oxygen atoms in total. The molecule has 3 aromatic rings. The molecular formula is C21H19FN2O4S2. The van der Waals surface area contributed by atoms with Crippen molar-refractivity contribution in [3.05, 3.63) is 76.9 Å². The minimum Gasteiger partial charge on any atom is -0.507 e. The average Bonchev–Trinajstić information content (AvgIpc) is 3.37. The van der Waals surface area contributed by atoms with E-state index in [1.54, 1.807) is 28.5 Å². The van der Waals surface area contributed by atoms with Crippen LogP contribution in [0.1, 0.15) is 28.8 Å². The first-order chi connectivity index (χ1) is 14.3. The number of phenolic OH excluding ortho intramolecular Hbond substituents is 1. The number of benzene rings is 2. The van der Waals surface area contributed by atoms with E-state index in [4.69, 9.17) is 0 Å². The first-order valence-electron chi connectivity index (χ1n) is 9.28. The van der Waals surface area contributed by atoms with Crippen molar-refractivity contribution in [2.75, 3.05) is 4.72 Å². The summed E-state index contributed by atoms with van der Waals surface area (Å²) in [6, 6.07) is 13.2. The van der Waals surface area contributed by atoms with Crippen LogP contribution in [0.5, 0.6) is 5.75 Å². The Hall–Kier alpha value is -2.91. The van der Waals surface area contributed by atoms with Crippen molar-refractivity contribution in [1.82, 2.24) is 4.90 Å². The number of carbonyl (C=O) groups is 1. The number of hydrogen-bond acceptors (Lipinski definition) is 5. The van der Waals surface area contributed by atoms with E-state index in [0.29, 0.717) is 5.56 Å². The summed E-state index contributed by atoms with van der Waals surface area (Å²) in [7, 11) is -3.76. The van der Waals surface area contributed by atoms with Gasteiger partial charge in [-0.3, -0.25) is 9.52 Å². The fourth-order valence-corrected chi connectivity index (χ4v) is 5.18. The summed E-state index contributed by atoms with van der Waals surface area (Å²) >= 11 is 1.08. The lowest BCUT2D eigenvalue weighted by Crippen LogP contribution is -2.32. The van der Waals surface area contributed by atoms with Crippen molar-refractivity contribution in [1.29, 1.82) is 0 Å². The molecule has 0 aliphatic heterocycles. The van der Waals surface area contributed by atoms with E-state index in [2.05, 4.69) is 4.72 Å². The zero-order valence-electron chi connectivity index (χ0n) is 15.8. The van der Waals surface area contributed by atoms with Crippen LogP contribution in [0.4, 0.5) is 10.1 Å². The lowest BCUT2D eigenvalue weighted by atomic mass is 10.1. The van der Waals surface area contributed by atoms with Crippen LogP contribution >= 0.6 is 11.3 Å². The maximum atomic E-state index is 13.5. The minimum absolute atomic E-state index is 0.0391. The maximum absolute atomic E-state index is 13.5. The summed E-state index contributed by atoms with van der Waals surface area (Å²) in [6.45, 7) is 0.230. The van der Waals surface area contributed by atoms with Gasteiger partial charge in [-0.2, -0.15) is 0 Å². The number of phenols is 1. The minimum atomic E-state index is -3.76. The number of aromatic hydroxyl groups is 1. The molecule has 1 fully saturated rings. The van der Waals surface area contributed by atoms with Crippen molar-refractivity contribution in [2.45, 2.75) is 29.6 Å². The van der Waals surface area contributed by atoms with Crippen molar-refractivity contribution in [2.24, 2.45) is 0 Å². The van der Waals surface area contributed by atoms with E-state index in [1.165, 1.54) is 36.4 Å². The fraction of sp³-hybridized carbons (Fsp3) is 0.190. The number of thiophene rings is 1. The molecule has 4 rings (SSSR count). The Bertz CT molecular complexity index is 1180. The number of amides is 1. The van der Waals surface area contributed by atoms with Crippen LogP contribution in [0.2, 0.25) is 0 Å². The van der Waals surface area contributed by atoms with Gasteiger partial charge in [0.2, 0.25) is 0 Å². The standard InChI is InChI=1S/C21H19FN2O4S2/c22-15-4-1-3-14(11-15)13-24(17-7-8-17)21(26)18-9-6-16(12-19(18)25)23-30(27,28)20-5-2-10-29-20/h1-6,9-12,17,23,25H,7-8,13H2. The molecule has 0 radical (unpaired) electrons. The summed E-state index contributed by atoms with van der Waals surface area (Å²) in [6.07, 6.45) is 1.70. The first-order valence-corrected chi connectivity index (χ1v) is 11.6. The van der Waals surface area contributed by atoms with E-state index in [9.17, 15) is 22.7 Å². The highest BCUT2D eigenvalue weighted by Gasteiger charge is 2.34. The third kappa shape index (κ3) is 4.47. The number of hydrogen-bond donors (Lipinski definition) is 2. The second kappa shape index (κ2) is 8.08. The molecule has 9 heteroatoms. The molecule has 1 aliphatic carbocycles. The summed E-state index contributed by atoms with van der Waals surface area (Å²) in [5, 5.41) is 12.1. The Morgan fingerprint density at radius 3 is 2.60 bits per heavy atom. The highest BCUT2D eigenvalue weighted by molar-refractivity contribution is 7.94. The third-order valence-corrected chi connectivity index (χ3v) is 7.51. The molecule has 0 bridgehead atoms. The van der Waals surface area contributed by atoms with Crippen LogP contribution in [0.3, 0.4) is 0 Å². The Labute approximate surface area is 177 Å². The maximum Gasteiger partial charge on any atom is 0.271 e. The molecule has 1 aromatic heterocycles.